The third-order valence-electron chi connectivity index (χ3n) is 3.47. The Labute approximate surface area is 129 Å². The first-order valence-electron chi connectivity index (χ1n) is 7.47. The summed E-state index contributed by atoms with van der Waals surface area (Å²) in [5, 5.41) is 8.91. The number of aliphatic imine (C=N–C) groups is 1. The van der Waals surface area contributed by atoms with E-state index in [9.17, 15) is 0 Å². The Morgan fingerprint density at radius 1 is 1.29 bits per heavy atom. The van der Waals surface area contributed by atoms with Gasteiger partial charge in [0.25, 0.3) is 0 Å². The predicted octanol–water partition coefficient (Wildman–Crippen LogP) is 3.03. The summed E-state index contributed by atoms with van der Waals surface area (Å²) in [5.74, 6) is 2.74. The Balaban J connectivity index is 1.48. The van der Waals surface area contributed by atoms with Crippen LogP contribution in [0, 0.1) is 5.92 Å². The second kappa shape index (κ2) is 7.31. The van der Waals surface area contributed by atoms with Crippen LogP contribution >= 0.6 is 11.3 Å². The predicted molar refractivity (Wildman–Crippen MR) is 86.6 cm³/mol. The van der Waals surface area contributed by atoms with Gasteiger partial charge in [0.15, 0.2) is 5.96 Å². The average Bonchev–Trinajstić information content (AvgIpc) is 2.96. The second-order valence-electron chi connectivity index (χ2n) is 5.32. The molecule has 2 aromatic heterocycles. The number of hydrogen-bond donors (Lipinski definition) is 2. The van der Waals surface area contributed by atoms with Crippen LogP contribution in [0.1, 0.15) is 23.5 Å². The monoisotopic (exact) mass is 303 g/mol. The minimum atomic E-state index is 0.735. The van der Waals surface area contributed by atoms with Crippen LogP contribution in [0.4, 0.5) is 0 Å². The van der Waals surface area contributed by atoms with Crippen molar-refractivity contribution in [1.29, 1.82) is 0 Å². The molecule has 1 fully saturated rings. The van der Waals surface area contributed by atoms with Gasteiger partial charge in [0, 0.05) is 24.4 Å². The summed E-state index contributed by atoms with van der Waals surface area (Å²) in [4.78, 5) is 5.94. The molecule has 0 amide bonds. The van der Waals surface area contributed by atoms with Gasteiger partial charge in [-0.1, -0.05) is 6.07 Å². The van der Waals surface area contributed by atoms with Crippen molar-refractivity contribution in [3.05, 3.63) is 46.5 Å². The summed E-state index contributed by atoms with van der Waals surface area (Å²) in [6.07, 6.45) is 5.28. The SMILES string of the molecule is c1coc(CCNC(=NCc2cccs2)NCC2CC2)c1. The van der Waals surface area contributed by atoms with E-state index in [0.29, 0.717) is 0 Å². The van der Waals surface area contributed by atoms with E-state index in [1.54, 1.807) is 17.6 Å². The van der Waals surface area contributed by atoms with Gasteiger partial charge in [-0.2, -0.15) is 0 Å². The first kappa shape index (κ1) is 14.2. The van der Waals surface area contributed by atoms with Crippen molar-refractivity contribution in [1.82, 2.24) is 10.6 Å². The van der Waals surface area contributed by atoms with Crippen LogP contribution in [0.3, 0.4) is 0 Å². The second-order valence-corrected chi connectivity index (χ2v) is 6.36. The van der Waals surface area contributed by atoms with Gasteiger partial charge in [-0.05, 0) is 42.3 Å². The minimum absolute atomic E-state index is 0.735. The minimum Gasteiger partial charge on any atom is -0.469 e. The lowest BCUT2D eigenvalue weighted by Gasteiger charge is -2.11. The number of guanidine groups is 1. The number of thiophene rings is 1. The van der Waals surface area contributed by atoms with Crippen LogP contribution in [0.5, 0.6) is 0 Å². The van der Waals surface area contributed by atoms with Gasteiger partial charge < -0.3 is 15.1 Å². The quantitative estimate of drug-likeness (QED) is 0.610. The summed E-state index contributed by atoms with van der Waals surface area (Å²) in [5.41, 5.74) is 0. The van der Waals surface area contributed by atoms with Crippen molar-refractivity contribution in [2.24, 2.45) is 10.9 Å². The molecule has 0 atom stereocenters. The van der Waals surface area contributed by atoms with Crippen molar-refractivity contribution in [2.45, 2.75) is 25.8 Å². The van der Waals surface area contributed by atoms with Crippen molar-refractivity contribution < 1.29 is 4.42 Å². The van der Waals surface area contributed by atoms with Gasteiger partial charge in [0.1, 0.15) is 5.76 Å². The van der Waals surface area contributed by atoms with Gasteiger partial charge in [-0.25, -0.2) is 4.99 Å². The fraction of sp³-hybridized carbons (Fsp3) is 0.438. The highest BCUT2D eigenvalue weighted by molar-refractivity contribution is 7.09. The Morgan fingerprint density at radius 3 is 2.95 bits per heavy atom. The molecule has 112 valence electrons. The maximum Gasteiger partial charge on any atom is 0.191 e. The standard InChI is InChI=1S/C16H21N3OS/c1-3-14(20-9-1)7-8-17-16(18-11-13-5-6-13)19-12-15-4-2-10-21-15/h1-4,9-10,13H,5-8,11-12H2,(H2,17,18,19). The van der Waals surface area contributed by atoms with E-state index in [0.717, 1.165) is 43.7 Å². The van der Waals surface area contributed by atoms with E-state index in [-0.39, 0.29) is 0 Å². The van der Waals surface area contributed by atoms with Crippen molar-refractivity contribution in [2.75, 3.05) is 13.1 Å². The number of furan rings is 1. The third kappa shape index (κ3) is 4.93. The van der Waals surface area contributed by atoms with E-state index in [2.05, 4.69) is 33.1 Å². The molecule has 2 heterocycles. The van der Waals surface area contributed by atoms with Crippen LogP contribution in [-0.4, -0.2) is 19.0 Å². The zero-order chi connectivity index (χ0) is 14.3. The van der Waals surface area contributed by atoms with Gasteiger partial charge >= 0.3 is 0 Å². The molecule has 2 N–H and O–H groups in total. The fourth-order valence-electron chi connectivity index (χ4n) is 2.06. The molecule has 0 aromatic carbocycles. The van der Waals surface area contributed by atoms with E-state index in [1.807, 2.05) is 12.1 Å². The van der Waals surface area contributed by atoms with Gasteiger partial charge in [-0.3, -0.25) is 0 Å². The largest absolute Gasteiger partial charge is 0.469 e. The first-order valence-corrected chi connectivity index (χ1v) is 8.35. The molecule has 4 nitrogen and oxygen atoms in total. The lowest BCUT2D eigenvalue weighted by atomic mass is 10.3. The van der Waals surface area contributed by atoms with Crippen molar-refractivity contribution in [3.8, 4) is 0 Å². The van der Waals surface area contributed by atoms with Crippen LogP contribution in [0.25, 0.3) is 0 Å². The average molecular weight is 303 g/mol. The number of hydrogen-bond acceptors (Lipinski definition) is 3. The molecule has 2 aromatic rings. The smallest absolute Gasteiger partial charge is 0.191 e. The van der Waals surface area contributed by atoms with Gasteiger partial charge in [-0.15, -0.1) is 11.3 Å². The van der Waals surface area contributed by atoms with E-state index < -0.39 is 0 Å². The molecule has 3 rings (SSSR count). The summed E-state index contributed by atoms with van der Waals surface area (Å²) in [6.45, 7) is 2.59. The maximum absolute atomic E-state index is 5.34. The zero-order valence-electron chi connectivity index (χ0n) is 12.0. The molecule has 0 saturated heterocycles. The van der Waals surface area contributed by atoms with Crippen LogP contribution in [0.2, 0.25) is 0 Å². The Hall–Kier alpha value is -1.75. The summed E-state index contributed by atoms with van der Waals surface area (Å²) >= 11 is 1.75. The molecule has 0 radical (unpaired) electrons. The summed E-state index contributed by atoms with van der Waals surface area (Å²) in [7, 11) is 0. The van der Waals surface area contributed by atoms with Crippen LogP contribution in [-0.2, 0) is 13.0 Å². The van der Waals surface area contributed by atoms with E-state index >= 15 is 0 Å². The Bertz CT molecular complexity index is 544. The fourth-order valence-corrected chi connectivity index (χ4v) is 2.68. The van der Waals surface area contributed by atoms with Crippen LogP contribution in [0.15, 0.2) is 45.3 Å². The van der Waals surface area contributed by atoms with E-state index in [1.165, 1.54) is 17.7 Å². The molecule has 0 spiro atoms. The highest BCUT2D eigenvalue weighted by Gasteiger charge is 2.21. The highest BCUT2D eigenvalue weighted by atomic mass is 32.1. The molecule has 1 aliphatic carbocycles. The van der Waals surface area contributed by atoms with Gasteiger partial charge in [0.2, 0.25) is 0 Å². The molecular formula is C16H21N3OS. The topological polar surface area (TPSA) is 49.6 Å². The molecule has 21 heavy (non-hydrogen) atoms. The summed E-state index contributed by atoms with van der Waals surface area (Å²) in [6, 6.07) is 8.11. The number of nitrogens with one attached hydrogen (secondary N) is 2. The third-order valence-corrected chi connectivity index (χ3v) is 4.33. The molecule has 1 saturated carbocycles. The summed E-state index contributed by atoms with van der Waals surface area (Å²) < 4.78 is 5.34. The molecular weight excluding hydrogens is 282 g/mol. The van der Waals surface area contributed by atoms with Crippen molar-refractivity contribution in [3.63, 3.8) is 0 Å². The van der Waals surface area contributed by atoms with Gasteiger partial charge in [0.05, 0.1) is 12.8 Å². The normalized spacial score (nSPS) is 15.1. The van der Waals surface area contributed by atoms with Crippen molar-refractivity contribution >= 4 is 17.3 Å². The molecule has 0 unspecified atom stereocenters. The molecule has 5 heteroatoms. The Morgan fingerprint density at radius 2 is 2.24 bits per heavy atom. The maximum atomic E-state index is 5.34. The zero-order valence-corrected chi connectivity index (χ0v) is 12.9. The van der Waals surface area contributed by atoms with Crippen LogP contribution < -0.4 is 10.6 Å². The lowest BCUT2D eigenvalue weighted by Crippen LogP contribution is -2.39. The lowest BCUT2D eigenvalue weighted by molar-refractivity contribution is 0.506. The molecule has 1 aliphatic rings. The Kier molecular flexibility index (Phi) is 4.94. The number of rotatable bonds is 7. The molecule has 0 bridgehead atoms. The number of nitrogens with zero attached hydrogens (tertiary/aromatic N) is 1. The first-order chi connectivity index (χ1) is 10.4. The highest BCUT2D eigenvalue weighted by Crippen LogP contribution is 2.27. The molecule has 0 aliphatic heterocycles. The van der Waals surface area contributed by atoms with E-state index in [4.69, 9.17) is 4.42 Å².